The summed E-state index contributed by atoms with van der Waals surface area (Å²) in [6, 6.07) is 24.5. The fourth-order valence-electron chi connectivity index (χ4n) is 5.05. The van der Waals surface area contributed by atoms with E-state index in [2.05, 4.69) is 22.5 Å². The number of benzene rings is 3. The van der Waals surface area contributed by atoms with Crippen LogP contribution < -0.4 is 10.6 Å². The van der Waals surface area contributed by atoms with Crippen molar-refractivity contribution in [2.75, 3.05) is 25.5 Å². The molecule has 0 spiro atoms. The quantitative estimate of drug-likeness (QED) is 0.279. The molecule has 8 nitrogen and oxygen atoms in total. The fourth-order valence-corrected chi connectivity index (χ4v) is 5.05. The van der Waals surface area contributed by atoms with Gasteiger partial charge < -0.3 is 30.3 Å². The number of aliphatic hydroxyl groups is 2. The number of carbonyl (C=O) groups is 1. The molecule has 3 aromatic rings. The molecule has 6 atom stereocenters. The zero-order valence-corrected chi connectivity index (χ0v) is 23.7. The van der Waals surface area contributed by atoms with Crippen LogP contribution in [0.25, 0.3) is 0 Å². The Hall–Kier alpha value is -3.27. The monoisotopic (exact) mass is 547 g/mol. The van der Waals surface area contributed by atoms with Gasteiger partial charge in [-0.1, -0.05) is 73.7 Å². The molecule has 2 amide bonds. The highest BCUT2D eigenvalue weighted by atomic mass is 16.7. The third kappa shape index (κ3) is 7.27. The van der Waals surface area contributed by atoms with Gasteiger partial charge in [0.05, 0.1) is 24.9 Å². The van der Waals surface area contributed by atoms with Crippen molar-refractivity contribution >= 4 is 11.7 Å². The third-order valence-electron chi connectivity index (χ3n) is 7.64. The number of likely N-dealkylation sites (N-methyl/N-ethyl adjacent to an activating group) is 1. The predicted octanol–water partition coefficient (Wildman–Crippen LogP) is 5.17. The van der Waals surface area contributed by atoms with Gasteiger partial charge in [0.2, 0.25) is 0 Å². The highest BCUT2D eigenvalue weighted by Gasteiger charge is 2.39. The van der Waals surface area contributed by atoms with Crippen LogP contribution in [0.15, 0.2) is 78.9 Å². The molecule has 214 valence electrons. The molecule has 1 heterocycles. The number of ether oxygens (including phenoxy) is 2. The lowest BCUT2D eigenvalue weighted by Gasteiger charge is -2.43. The molecule has 1 aliphatic rings. The summed E-state index contributed by atoms with van der Waals surface area (Å²) in [6.07, 6.45) is -1.78. The number of rotatable bonds is 10. The number of hydrogen-bond acceptors (Lipinski definition) is 6. The summed E-state index contributed by atoms with van der Waals surface area (Å²) in [5, 5.41) is 26.1. The lowest BCUT2D eigenvalue weighted by Crippen LogP contribution is -2.46. The SMILES string of the molecule is CCNC(=O)Nc1cccc(C2O[C@H](CN(C)[C@@H](C)[C@H](O)c3ccccc3)[C@H](C)[C@H](c3ccc(CO)cc3)O2)c1. The van der Waals surface area contributed by atoms with Gasteiger partial charge in [-0.3, -0.25) is 4.90 Å². The van der Waals surface area contributed by atoms with Gasteiger partial charge in [0.1, 0.15) is 0 Å². The number of hydrogen-bond donors (Lipinski definition) is 4. The molecule has 0 saturated carbocycles. The smallest absolute Gasteiger partial charge is 0.319 e. The van der Waals surface area contributed by atoms with Crippen molar-refractivity contribution < 1.29 is 24.5 Å². The summed E-state index contributed by atoms with van der Waals surface area (Å²) in [6.45, 7) is 7.08. The van der Waals surface area contributed by atoms with Crippen LogP contribution in [0.3, 0.4) is 0 Å². The number of aliphatic hydroxyl groups excluding tert-OH is 2. The molecule has 3 aromatic carbocycles. The van der Waals surface area contributed by atoms with Gasteiger partial charge in [-0.2, -0.15) is 0 Å². The second-order valence-corrected chi connectivity index (χ2v) is 10.5. The molecule has 1 aliphatic heterocycles. The molecule has 0 bridgehead atoms. The first-order valence-electron chi connectivity index (χ1n) is 13.9. The van der Waals surface area contributed by atoms with E-state index in [0.29, 0.717) is 18.8 Å². The zero-order valence-electron chi connectivity index (χ0n) is 23.7. The fraction of sp³-hybridized carbons (Fsp3) is 0.406. The molecule has 0 aromatic heterocycles. The Morgan fingerprint density at radius 2 is 1.73 bits per heavy atom. The van der Waals surface area contributed by atoms with Gasteiger partial charge in [-0.15, -0.1) is 0 Å². The van der Waals surface area contributed by atoms with E-state index in [4.69, 9.17) is 9.47 Å². The molecule has 4 N–H and O–H groups in total. The van der Waals surface area contributed by atoms with E-state index in [1.165, 1.54) is 0 Å². The minimum atomic E-state index is -0.664. The first kappa shape index (κ1) is 29.7. The van der Waals surface area contributed by atoms with E-state index in [1.807, 2.05) is 99.8 Å². The third-order valence-corrected chi connectivity index (χ3v) is 7.64. The summed E-state index contributed by atoms with van der Waals surface area (Å²) in [5.74, 6) is -0.00335. The number of nitrogens with zero attached hydrogens (tertiary/aromatic N) is 1. The van der Waals surface area contributed by atoms with Crippen LogP contribution in [0, 0.1) is 5.92 Å². The average Bonchev–Trinajstić information content (AvgIpc) is 2.98. The summed E-state index contributed by atoms with van der Waals surface area (Å²) >= 11 is 0. The molecule has 4 rings (SSSR count). The Balaban J connectivity index is 1.58. The van der Waals surface area contributed by atoms with Crippen LogP contribution in [0.5, 0.6) is 0 Å². The molecule has 0 radical (unpaired) electrons. The minimum absolute atomic E-state index is 0.00335. The summed E-state index contributed by atoms with van der Waals surface area (Å²) < 4.78 is 13.1. The Morgan fingerprint density at radius 3 is 2.40 bits per heavy atom. The maximum atomic E-state index is 12.1. The van der Waals surface area contributed by atoms with E-state index in [9.17, 15) is 15.0 Å². The van der Waals surface area contributed by atoms with Crippen molar-refractivity contribution in [2.45, 2.75) is 58.0 Å². The Kier molecular flexibility index (Phi) is 10.3. The normalized spacial score (nSPS) is 22.5. The Bertz CT molecular complexity index is 1220. The van der Waals surface area contributed by atoms with Gasteiger partial charge in [0, 0.05) is 36.3 Å². The Morgan fingerprint density at radius 1 is 1.00 bits per heavy atom. The average molecular weight is 548 g/mol. The van der Waals surface area contributed by atoms with E-state index < -0.39 is 12.4 Å². The lowest BCUT2D eigenvalue weighted by molar-refractivity contribution is -0.276. The Labute approximate surface area is 236 Å². The molecule has 1 fully saturated rings. The highest BCUT2D eigenvalue weighted by molar-refractivity contribution is 5.89. The second kappa shape index (κ2) is 13.9. The predicted molar refractivity (Wildman–Crippen MR) is 156 cm³/mol. The summed E-state index contributed by atoms with van der Waals surface area (Å²) in [7, 11) is 2.00. The van der Waals surface area contributed by atoms with E-state index >= 15 is 0 Å². The summed E-state index contributed by atoms with van der Waals surface area (Å²) in [4.78, 5) is 14.2. The lowest BCUT2D eigenvalue weighted by atomic mass is 9.89. The van der Waals surface area contributed by atoms with Gasteiger partial charge in [0.15, 0.2) is 6.29 Å². The standard InChI is InChI=1S/C32H41N3O5/c1-5-33-32(38)34-27-13-9-12-26(18-27)31-39-28(19-35(4)22(3)29(37)24-10-7-6-8-11-24)21(2)30(40-31)25-16-14-23(20-36)15-17-25/h6-18,21-22,28-31,36-37H,5,19-20H2,1-4H3,(H2,33,34,38)/t21-,22-,28+,29-,30+,31?/m0/s1. The molecule has 1 unspecified atom stereocenters. The van der Waals surface area contributed by atoms with Crippen molar-refractivity contribution in [3.05, 3.63) is 101 Å². The van der Waals surface area contributed by atoms with Gasteiger partial charge >= 0.3 is 6.03 Å². The first-order chi connectivity index (χ1) is 19.3. The number of urea groups is 1. The van der Waals surface area contributed by atoms with Crippen LogP contribution in [0.1, 0.15) is 61.5 Å². The largest absolute Gasteiger partial charge is 0.392 e. The van der Waals surface area contributed by atoms with Crippen molar-refractivity contribution in [3.8, 4) is 0 Å². The van der Waals surface area contributed by atoms with Crippen molar-refractivity contribution in [3.63, 3.8) is 0 Å². The van der Waals surface area contributed by atoms with E-state index in [0.717, 1.165) is 22.3 Å². The number of anilines is 1. The zero-order chi connectivity index (χ0) is 28.6. The molecule has 1 saturated heterocycles. The highest BCUT2D eigenvalue weighted by Crippen LogP contribution is 2.42. The second-order valence-electron chi connectivity index (χ2n) is 10.5. The van der Waals surface area contributed by atoms with E-state index in [-0.39, 0.29) is 36.8 Å². The molecular formula is C32H41N3O5. The van der Waals surface area contributed by atoms with E-state index in [1.54, 1.807) is 0 Å². The van der Waals surface area contributed by atoms with Gasteiger partial charge in [0.25, 0.3) is 0 Å². The molecular weight excluding hydrogens is 506 g/mol. The maximum Gasteiger partial charge on any atom is 0.319 e. The van der Waals surface area contributed by atoms with Crippen LogP contribution in [-0.4, -0.2) is 53.4 Å². The van der Waals surface area contributed by atoms with Crippen molar-refractivity contribution in [2.24, 2.45) is 5.92 Å². The van der Waals surface area contributed by atoms with Crippen LogP contribution >= 0.6 is 0 Å². The molecule has 8 heteroatoms. The topological polar surface area (TPSA) is 103 Å². The van der Waals surface area contributed by atoms with Crippen molar-refractivity contribution in [1.82, 2.24) is 10.2 Å². The molecule has 0 aliphatic carbocycles. The van der Waals surface area contributed by atoms with Crippen LogP contribution in [0.2, 0.25) is 0 Å². The first-order valence-corrected chi connectivity index (χ1v) is 13.9. The molecule has 40 heavy (non-hydrogen) atoms. The number of nitrogens with one attached hydrogen (secondary N) is 2. The van der Waals surface area contributed by atoms with Gasteiger partial charge in [-0.25, -0.2) is 4.79 Å². The number of carbonyl (C=O) groups excluding carboxylic acids is 1. The van der Waals surface area contributed by atoms with Gasteiger partial charge in [-0.05, 0) is 49.7 Å². The minimum Gasteiger partial charge on any atom is -0.392 e. The van der Waals surface area contributed by atoms with Crippen LogP contribution in [-0.2, 0) is 16.1 Å². The summed E-state index contributed by atoms with van der Waals surface area (Å²) in [5.41, 5.74) is 4.15. The number of amides is 2. The van der Waals surface area contributed by atoms with Crippen molar-refractivity contribution in [1.29, 1.82) is 0 Å². The maximum absolute atomic E-state index is 12.1. The van der Waals surface area contributed by atoms with Crippen LogP contribution in [0.4, 0.5) is 10.5 Å².